The lowest BCUT2D eigenvalue weighted by Gasteiger charge is -2.29. The highest BCUT2D eigenvalue weighted by Gasteiger charge is 2.28. The van der Waals surface area contributed by atoms with E-state index >= 15 is 0 Å². The molecule has 2 aromatic rings. The molecule has 1 aliphatic carbocycles. The van der Waals surface area contributed by atoms with E-state index in [9.17, 15) is 0 Å². The van der Waals surface area contributed by atoms with Crippen molar-refractivity contribution in [3.05, 3.63) is 51.0 Å². The molecule has 2 atom stereocenters. The molecule has 0 aliphatic heterocycles. The summed E-state index contributed by atoms with van der Waals surface area (Å²) in [5.41, 5.74) is 4.18. The number of thiazole rings is 1. The molecule has 0 saturated heterocycles. The molecule has 0 spiro atoms. The average molecular weight is 336 g/mol. The number of hydrogen-bond donors (Lipinski definition) is 0. The first-order chi connectivity index (χ1) is 9.15. The van der Waals surface area contributed by atoms with E-state index in [0.717, 1.165) is 6.42 Å². The predicted octanol–water partition coefficient (Wildman–Crippen LogP) is 5.00. The second-order valence-electron chi connectivity index (χ2n) is 5.35. The van der Waals surface area contributed by atoms with Crippen LogP contribution in [0.3, 0.4) is 0 Å². The second-order valence-corrected chi connectivity index (χ2v) is 7.63. The first-order valence-corrected chi connectivity index (χ1v) is 8.53. The molecule has 100 valence electrons. The van der Waals surface area contributed by atoms with Crippen molar-refractivity contribution in [1.29, 1.82) is 0 Å². The number of hydrogen-bond acceptors (Lipinski definition) is 2. The molecule has 0 fully saturated rings. The quantitative estimate of drug-likeness (QED) is 0.703. The summed E-state index contributed by atoms with van der Waals surface area (Å²) < 4.78 is 0. The maximum atomic E-state index is 4.69. The van der Waals surface area contributed by atoms with Gasteiger partial charge in [0.1, 0.15) is 0 Å². The van der Waals surface area contributed by atoms with Gasteiger partial charge in [0, 0.05) is 16.1 Å². The maximum absolute atomic E-state index is 4.69. The molecule has 0 saturated carbocycles. The molecule has 0 bridgehead atoms. The largest absolute Gasteiger partial charge is 0.246 e. The Morgan fingerprint density at radius 3 is 2.84 bits per heavy atom. The van der Waals surface area contributed by atoms with Crippen molar-refractivity contribution in [3.8, 4) is 0 Å². The van der Waals surface area contributed by atoms with Crippen LogP contribution in [-0.4, -0.2) is 4.98 Å². The SMILES string of the molecule is Cc1nc(CC2CCc3ccccc3C2Br)sc1C. The van der Waals surface area contributed by atoms with Crippen molar-refractivity contribution in [1.82, 2.24) is 4.98 Å². The van der Waals surface area contributed by atoms with Crippen molar-refractivity contribution in [3.63, 3.8) is 0 Å². The Labute approximate surface area is 127 Å². The number of halogens is 1. The standard InChI is InChI=1S/C16H18BrNS/c1-10-11(2)19-15(18-10)9-13-8-7-12-5-3-4-6-14(12)16(13)17/h3-6,13,16H,7-9H2,1-2H3. The van der Waals surface area contributed by atoms with Crippen LogP contribution in [0.25, 0.3) is 0 Å². The third-order valence-electron chi connectivity index (χ3n) is 4.06. The summed E-state index contributed by atoms with van der Waals surface area (Å²) in [5.74, 6) is 0.667. The van der Waals surface area contributed by atoms with E-state index < -0.39 is 0 Å². The Bertz CT molecular complexity index is 571. The summed E-state index contributed by atoms with van der Waals surface area (Å²) in [5, 5.41) is 1.30. The van der Waals surface area contributed by atoms with Gasteiger partial charge in [-0.2, -0.15) is 0 Å². The van der Waals surface area contributed by atoms with Crippen LogP contribution in [0, 0.1) is 19.8 Å². The molecule has 1 aromatic heterocycles. The number of aromatic nitrogens is 1. The molecule has 19 heavy (non-hydrogen) atoms. The molecule has 1 heterocycles. The zero-order valence-electron chi connectivity index (χ0n) is 11.3. The summed E-state index contributed by atoms with van der Waals surface area (Å²) in [6.45, 7) is 4.27. The molecule has 2 unspecified atom stereocenters. The van der Waals surface area contributed by atoms with Crippen molar-refractivity contribution >= 4 is 27.3 Å². The maximum Gasteiger partial charge on any atom is 0.0934 e. The summed E-state index contributed by atoms with van der Waals surface area (Å²) in [7, 11) is 0. The minimum Gasteiger partial charge on any atom is -0.246 e. The molecule has 0 N–H and O–H groups in total. The van der Waals surface area contributed by atoms with Gasteiger partial charge in [0.05, 0.1) is 10.7 Å². The second kappa shape index (κ2) is 5.37. The monoisotopic (exact) mass is 335 g/mol. The van der Waals surface area contributed by atoms with Gasteiger partial charge in [0.15, 0.2) is 0 Å². The molecule has 1 aliphatic rings. The van der Waals surface area contributed by atoms with E-state index in [1.54, 1.807) is 0 Å². The van der Waals surface area contributed by atoms with Gasteiger partial charge in [-0.1, -0.05) is 40.2 Å². The van der Waals surface area contributed by atoms with E-state index in [-0.39, 0.29) is 0 Å². The first-order valence-electron chi connectivity index (χ1n) is 6.80. The molecular formula is C16H18BrNS. The summed E-state index contributed by atoms with van der Waals surface area (Å²) in [4.78, 5) is 6.53. The Morgan fingerprint density at radius 1 is 1.32 bits per heavy atom. The van der Waals surface area contributed by atoms with Crippen molar-refractivity contribution < 1.29 is 0 Å². The number of aryl methyl sites for hydroxylation is 3. The van der Waals surface area contributed by atoms with Gasteiger partial charge in [-0.3, -0.25) is 0 Å². The fourth-order valence-electron chi connectivity index (χ4n) is 2.83. The fraction of sp³-hybridized carbons (Fsp3) is 0.438. The Hall–Kier alpha value is -0.670. The van der Waals surface area contributed by atoms with Gasteiger partial charge in [-0.15, -0.1) is 11.3 Å². The van der Waals surface area contributed by atoms with E-state index in [1.165, 1.54) is 39.5 Å². The number of fused-ring (bicyclic) bond motifs is 1. The molecule has 0 radical (unpaired) electrons. The topological polar surface area (TPSA) is 12.9 Å². The lowest BCUT2D eigenvalue weighted by atomic mass is 9.82. The lowest BCUT2D eigenvalue weighted by Crippen LogP contribution is -2.18. The van der Waals surface area contributed by atoms with Crippen LogP contribution in [0.15, 0.2) is 24.3 Å². The van der Waals surface area contributed by atoms with Crippen molar-refractivity contribution in [2.45, 2.75) is 37.9 Å². The van der Waals surface area contributed by atoms with Gasteiger partial charge in [0.25, 0.3) is 0 Å². The molecule has 0 amide bonds. The number of alkyl halides is 1. The first kappa shape index (κ1) is 13.3. The summed E-state index contributed by atoms with van der Waals surface area (Å²) in [6.07, 6.45) is 3.56. The number of benzene rings is 1. The van der Waals surface area contributed by atoms with Gasteiger partial charge in [-0.05, 0) is 43.7 Å². The van der Waals surface area contributed by atoms with Crippen LogP contribution in [0.1, 0.15) is 38.0 Å². The third-order valence-corrected chi connectivity index (χ3v) is 6.40. The van der Waals surface area contributed by atoms with E-state index in [4.69, 9.17) is 4.98 Å². The van der Waals surface area contributed by atoms with Crippen LogP contribution in [0.4, 0.5) is 0 Å². The molecule has 1 aromatic carbocycles. The van der Waals surface area contributed by atoms with Gasteiger partial charge in [-0.25, -0.2) is 4.98 Å². The highest BCUT2D eigenvalue weighted by atomic mass is 79.9. The number of rotatable bonds is 2. The summed E-state index contributed by atoms with van der Waals surface area (Å²) >= 11 is 5.77. The Morgan fingerprint density at radius 2 is 2.11 bits per heavy atom. The Balaban J connectivity index is 1.80. The zero-order valence-corrected chi connectivity index (χ0v) is 13.7. The average Bonchev–Trinajstić information content (AvgIpc) is 2.72. The number of nitrogens with zero attached hydrogens (tertiary/aromatic N) is 1. The van der Waals surface area contributed by atoms with Gasteiger partial charge < -0.3 is 0 Å². The smallest absolute Gasteiger partial charge is 0.0934 e. The van der Waals surface area contributed by atoms with Crippen LogP contribution in [-0.2, 0) is 12.8 Å². The van der Waals surface area contributed by atoms with E-state index in [1.807, 2.05) is 11.3 Å². The molecular weight excluding hydrogens is 318 g/mol. The van der Waals surface area contributed by atoms with Crippen LogP contribution in [0.5, 0.6) is 0 Å². The minimum absolute atomic E-state index is 0.474. The third kappa shape index (κ3) is 2.63. The van der Waals surface area contributed by atoms with Crippen molar-refractivity contribution in [2.24, 2.45) is 5.92 Å². The van der Waals surface area contributed by atoms with Crippen LogP contribution >= 0.6 is 27.3 Å². The van der Waals surface area contributed by atoms with Crippen LogP contribution < -0.4 is 0 Å². The normalized spacial score (nSPS) is 22.3. The van der Waals surface area contributed by atoms with Crippen molar-refractivity contribution in [2.75, 3.05) is 0 Å². The van der Waals surface area contributed by atoms with Crippen LogP contribution in [0.2, 0.25) is 0 Å². The minimum atomic E-state index is 0.474. The van der Waals surface area contributed by atoms with E-state index in [2.05, 4.69) is 54.0 Å². The summed E-state index contributed by atoms with van der Waals surface area (Å²) in [6, 6.07) is 8.82. The fourth-order valence-corrected chi connectivity index (χ4v) is 4.75. The van der Waals surface area contributed by atoms with Gasteiger partial charge in [0.2, 0.25) is 0 Å². The van der Waals surface area contributed by atoms with Gasteiger partial charge >= 0.3 is 0 Å². The highest BCUT2D eigenvalue weighted by Crippen LogP contribution is 2.42. The zero-order chi connectivity index (χ0) is 13.4. The lowest BCUT2D eigenvalue weighted by molar-refractivity contribution is 0.451. The molecule has 1 nitrogen and oxygen atoms in total. The predicted molar refractivity (Wildman–Crippen MR) is 85.2 cm³/mol. The Kier molecular flexibility index (Phi) is 3.77. The van der Waals surface area contributed by atoms with E-state index in [0.29, 0.717) is 10.7 Å². The molecule has 3 heteroatoms. The molecule has 3 rings (SSSR count). The highest BCUT2D eigenvalue weighted by molar-refractivity contribution is 9.09.